The Morgan fingerprint density at radius 3 is 2.90 bits per heavy atom. The lowest BCUT2D eigenvalue weighted by atomic mass is 10.1. The SMILES string of the molecule is O=C(NCC(F)(F)F)[C@H]1CC[C@H](Nc2cncc(-c3c[nH]c4ncc(Cl)cc34)n2)C1. The van der Waals surface area contributed by atoms with Gasteiger partial charge in [0.05, 0.1) is 23.1 Å². The van der Waals surface area contributed by atoms with E-state index in [2.05, 4.69) is 25.3 Å². The van der Waals surface area contributed by atoms with Gasteiger partial charge < -0.3 is 15.6 Å². The quantitative estimate of drug-likeness (QED) is 0.561. The highest BCUT2D eigenvalue weighted by atomic mass is 35.5. The van der Waals surface area contributed by atoms with Crippen LogP contribution in [0.15, 0.2) is 30.9 Å². The molecule has 1 saturated carbocycles. The van der Waals surface area contributed by atoms with E-state index in [9.17, 15) is 18.0 Å². The number of H-pyrrole nitrogens is 1. The second-order valence-electron chi connectivity index (χ2n) is 7.23. The topological polar surface area (TPSA) is 95.6 Å². The molecule has 0 unspecified atom stereocenters. The Bertz CT molecular complexity index is 1070. The fourth-order valence-electron chi connectivity index (χ4n) is 3.65. The zero-order valence-electron chi connectivity index (χ0n) is 15.6. The number of alkyl halides is 3. The van der Waals surface area contributed by atoms with Crippen LogP contribution in [0.1, 0.15) is 19.3 Å². The summed E-state index contributed by atoms with van der Waals surface area (Å²) in [5.41, 5.74) is 2.10. The Hall–Kier alpha value is -2.88. The van der Waals surface area contributed by atoms with Gasteiger partial charge >= 0.3 is 6.18 Å². The maximum Gasteiger partial charge on any atom is 0.405 e. The van der Waals surface area contributed by atoms with E-state index in [1.165, 1.54) is 0 Å². The van der Waals surface area contributed by atoms with Gasteiger partial charge in [-0.25, -0.2) is 9.97 Å². The molecule has 30 heavy (non-hydrogen) atoms. The summed E-state index contributed by atoms with van der Waals surface area (Å²) in [4.78, 5) is 28.1. The number of hydrogen-bond acceptors (Lipinski definition) is 5. The average Bonchev–Trinajstić information content (AvgIpc) is 3.32. The number of fused-ring (bicyclic) bond motifs is 1. The number of carbonyl (C=O) groups excluding carboxylic acids is 1. The van der Waals surface area contributed by atoms with Gasteiger partial charge in [0.2, 0.25) is 5.91 Å². The maximum atomic E-state index is 12.3. The summed E-state index contributed by atoms with van der Waals surface area (Å²) in [6.45, 7) is -1.31. The summed E-state index contributed by atoms with van der Waals surface area (Å²) in [5, 5.41) is 6.51. The van der Waals surface area contributed by atoms with Crippen LogP contribution in [0.25, 0.3) is 22.3 Å². The molecule has 2 atom stereocenters. The number of hydrogen-bond donors (Lipinski definition) is 3. The van der Waals surface area contributed by atoms with Crippen molar-refractivity contribution in [2.24, 2.45) is 5.92 Å². The van der Waals surface area contributed by atoms with Crippen LogP contribution >= 0.6 is 11.6 Å². The van der Waals surface area contributed by atoms with Gasteiger partial charge in [0.15, 0.2) is 0 Å². The monoisotopic (exact) mass is 438 g/mol. The summed E-state index contributed by atoms with van der Waals surface area (Å²) in [6.07, 6.45) is 3.71. The van der Waals surface area contributed by atoms with Crippen LogP contribution < -0.4 is 10.6 Å². The van der Waals surface area contributed by atoms with Gasteiger partial charge in [-0.2, -0.15) is 13.2 Å². The normalized spacial score (nSPS) is 19.2. The van der Waals surface area contributed by atoms with Crippen LogP contribution in [-0.4, -0.2) is 44.6 Å². The molecule has 11 heteroatoms. The molecule has 0 radical (unpaired) electrons. The minimum atomic E-state index is -4.41. The number of nitrogens with one attached hydrogen (secondary N) is 3. The van der Waals surface area contributed by atoms with E-state index in [1.807, 2.05) is 5.32 Å². The van der Waals surface area contributed by atoms with Crippen molar-refractivity contribution < 1.29 is 18.0 Å². The van der Waals surface area contributed by atoms with Gasteiger partial charge in [-0.15, -0.1) is 0 Å². The molecule has 7 nitrogen and oxygen atoms in total. The second kappa shape index (κ2) is 8.10. The number of aromatic nitrogens is 4. The van der Waals surface area contributed by atoms with Crippen molar-refractivity contribution >= 4 is 34.4 Å². The number of amides is 1. The molecule has 1 aliphatic carbocycles. The fraction of sp³-hybridized carbons (Fsp3) is 0.368. The van der Waals surface area contributed by atoms with Crippen molar-refractivity contribution in [2.45, 2.75) is 31.5 Å². The van der Waals surface area contributed by atoms with E-state index < -0.39 is 24.5 Å². The third-order valence-corrected chi connectivity index (χ3v) is 5.23. The summed E-state index contributed by atoms with van der Waals surface area (Å²) in [7, 11) is 0. The number of aromatic amines is 1. The predicted octanol–water partition coefficient (Wildman–Crippen LogP) is 3.93. The van der Waals surface area contributed by atoms with Crippen LogP contribution in [-0.2, 0) is 4.79 Å². The number of pyridine rings is 1. The van der Waals surface area contributed by atoms with Gasteiger partial charge in [0.25, 0.3) is 0 Å². The molecule has 0 bridgehead atoms. The Balaban J connectivity index is 1.43. The van der Waals surface area contributed by atoms with E-state index in [0.717, 1.165) is 10.9 Å². The Labute approximate surface area is 174 Å². The molecule has 1 fully saturated rings. The summed E-state index contributed by atoms with van der Waals surface area (Å²) in [5.74, 6) is -0.499. The van der Waals surface area contributed by atoms with Crippen LogP contribution in [0.2, 0.25) is 5.02 Å². The Morgan fingerprint density at radius 2 is 2.10 bits per heavy atom. The minimum Gasteiger partial charge on any atom is -0.366 e. The van der Waals surface area contributed by atoms with Crippen LogP contribution in [0.3, 0.4) is 0 Å². The molecular formula is C19H18ClF3N6O. The zero-order valence-corrected chi connectivity index (χ0v) is 16.4. The van der Waals surface area contributed by atoms with Crippen molar-refractivity contribution in [1.82, 2.24) is 25.3 Å². The van der Waals surface area contributed by atoms with E-state index in [0.29, 0.717) is 41.4 Å². The van der Waals surface area contributed by atoms with Crippen LogP contribution in [0, 0.1) is 5.92 Å². The molecule has 0 aliphatic heterocycles. The maximum absolute atomic E-state index is 12.3. The molecule has 1 amide bonds. The third kappa shape index (κ3) is 4.64. The molecule has 3 aromatic heterocycles. The van der Waals surface area contributed by atoms with Gasteiger partial charge in [-0.3, -0.25) is 9.78 Å². The van der Waals surface area contributed by atoms with E-state index in [4.69, 9.17) is 11.6 Å². The van der Waals surface area contributed by atoms with Crippen molar-refractivity contribution in [3.63, 3.8) is 0 Å². The summed E-state index contributed by atoms with van der Waals surface area (Å²) in [6, 6.07) is 1.72. The molecule has 3 N–H and O–H groups in total. The number of carbonyl (C=O) groups is 1. The lowest BCUT2D eigenvalue weighted by Crippen LogP contribution is -2.37. The zero-order chi connectivity index (χ0) is 21.3. The average molecular weight is 439 g/mol. The summed E-state index contributed by atoms with van der Waals surface area (Å²) < 4.78 is 36.9. The number of halogens is 4. The van der Waals surface area contributed by atoms with Crippen molar-refractivity contribution in [3.8, 4) is 11.3 Å². The van der Waals surface area contributed by atoms with Gasteiger partial charge in [0, 0.05) is 35.3 Å². The third-order valence-electron chi connectivity index (χ3n) is 5.03. The first kappa shape index (κ1) is 20.4. The van der Waals surface area contributed by atoms with E-state index >= 15 is 0 Å². The van der Waals surface area contributed by atoms with Crippen molar-refractivity contribution in [2.75, 3.05) is 11.9 Å². The Morgan fingerprint density at radius 1 is 1.27 bits per heavy atom. The summed E-state index contributed by atoms with van der Waals surface area (Å²) >= 11 is 6.05. The lowest BCUT2D eigenvalue weighted by Gasteiger charge is -2.15. The van der Waals surface area contributed by atoms with Crippen LogP contribution in [0.4, 0.5) is 19.0 Å². The molecule has 3 aromatic rings. The molecule has 1 aliphatic rings. The largest absolute Gasteiger partial charge is 0.405 e. The highest BCUT2D eigenvalue weighted by Gasteiger charge is 2.33. The smallest absolute Gasteiger partial charge is 0.366 e. The first-order valence-corrected chi connectivity index (χ1v) is 9.72. The first-order valence-electron chi connectivity index (χ1n) is 9.34. The highest BCUT2D eigenvalue weighted by Crippen LogP contribution is 2.30. The molecule has 158 valence electrons. The van der Waals surface area contributed by atoms with E-state index in [-0.39, 0.29) is 6.04 Å². The highest BCUT2D eigenvalue weighted by molar-refractivity contribution is 6.31. The standard InChI is InChI=1S/C19H18ClF3N6O/c20-11-4-13-14(6-26-17(13)25-5-11)15-7-24-8-16(29-15)28-12-2-1-10(3-12)18(30)27-9-19(21,22)23/h4-8,10,12H,1-3,9H2,(H,25,26)(H,27,30)(H,28,29)/t10-,12-/m0/s1. The predicted molar refractivity (Wildman–Crippen MR) is 106 cm³/mol. The van der Waals surface area contributed by atoms with Crippen molar-refractivity contribution in [1.29, 1.82) is 0 Å². The molecule has 3 heterocycles. The number of rotatable bonds is 5. The second-order valence-corrected chi connectivity index (χ2v) is 7.66. The molecule has 0 aromatic carbocycles. The Kier molecular flexibility index (Phi) is 5.50. The number of nitrogens with zero attached hydrogens (tertiary/aromatic N) is 3. The molecular weight excluding hydrogens is 421 g/mol. The lowest BCUT2D eigenvalue weighted by molar-refractivity contribution is -0.140. The molecule has 0 saturated heterocycles. The minimum absolute atomic E-state index is 0.0738. The van der Waals surface area contributed by atoms with Crippen LogP contribution in [0.5, 0.6) is 0 Å². The van der Waals surface area contributed by atoms with Gasteiger partial charge in [-0.05, 0) is 25.3 Å². The van der Waals surface area contributed by atoms with Gasteiger partial charge in [0.1, 0.15) is 18.0 Å². The van der Waals surface area contributed by atoms with Gasteiger partial charge in [-0.1, -0.05) is 11.6 Å². The number of anilines is 1. The van der Waals surface area contributed by atoms with E-state index in [1.54, 1.807) is 30.9 Å². The van der Waals surface area contributed by atoms with Crippen molar-refractivity contribution in [3.05, 3.63) is 35.9 Å². The molecule has 0 spiro atoms. The first-order chi connectivity index (χ1) is 14.3. The molecule has 4 rings (SSSR count). The fourth-order valence-corrected chi connectivity index (χ4v) is 3.80.